The first-order valence-corrected chi connectivity index (χ1v) is 9.32. The SMILES string of the molecule is Cn1cc([C@H]2OCCC[C@@H]2NC2CCN(c3ccccn3)CC2)cn1. The van der Waals surface area contributed by atoms with Gasteiger partial charge in [0, 0.05) is 56.8 Å². The Morgan fingerprint density at radius 3 is 2.80 bits per heavy atom. The molecule has 2 saturated heterocycles. The predicted octanol–water partition coefficient (Wildman–Crippen LogP) is 2.29. The molecule has 0 aromatic carbocycles. The largest absolute Gasteiger partial charge is 0.372 e. The number of aryl methyl sites for hydroxylation is 1. The van der Waals surface area contributed by atoms with E-state index in [1.165, 1.54) is 12.0 Å². The van der Waals surface area contributed by atoms with Gasteiger partial charge in [0.2, 0.25) is 0 Å². The van der Waals surface area contributed by atoms with E-state index in [-0.39, 0.29) is 6.10 Å². The van der Waals surface area contributed by atoms with Crippen molar-refractivity contribution in [3.05, 3.63) is 42.4 Å². The summed E-state index contributed by atoms with van der Waals surface area (Å²) in [6.45, 7) is 2.95. The second-order valence-corrected chi connectivity index (χ2v) is 7.10. The minimum Gasteiger partial charge on any atom is -0.372 e. The smallest absolute Gasteiger partial charge is 0.128 e. The maximum absolute atomic E-state index is 6.09. The fraction of sp³-hybridized carbons (Fsp3) is 0.579. The molecule has 2 aliphatic rings. The minimum atomic E-state index is 0.122. The molecule has 0 radical (unpaired) electrons. The normalized spacial score (nSPS) is 25.2. The molecule has 134 valence electrons. The maximum atomic E-state index is 6.09. The minimum absolute atomic E-state index is 0.122. The van der Waals surface area contributed by atoms with Crippen LogP contribution in [0.3, 0.4) is 0 Å². The highest BCUT2D eigenvalue weighted by Crippen LogP contribution is 2.29. The highest BCUT2D eigenvalue weighted by Gasteiger charge is 2.31. The van der Waals surface area contributed by atoms with Crippen molar-refractivity contribution in [1.82, 2.24) is 20.1 Å². The molecule has 2 aromatic heterocycles. The summed E-state index contributed by atoms with van der Waals surface area (Å²) in [6, 6.07) is 7.06. The summed E-state index contributed by atoms with van der Waals surface area (Å²) in [6.07, 6.45) is 10.6. The molecule has 4 rings (SSSR count). The van der Waals surface area contributed by atoms with Gasteiger partial charge in [-0.05, 0) is 37.8 Å². The van der Waals surface area contributed by atoms with Gasteiger partial charge in [-0.2, -0.15) is 5.10 Å². The third-order valence-corrected chi connectivity index (χ3v) is 5.29. The Morgan fingerprint density at radius 1 is 1.20 bits per heavy atom. The van der Waals surface area contributed by atoms with E-state index in [1.807, 2.05) is 30.2 Å². The zero-order valence-corrected chi connectivity index (χ0v) is 14.8. The van der Waals surface area contributed by atoms with Gasteiger partial charge in [-0.15, -0.1) is 0 Å². The van der Waals surface area contributed by atoms with E-state index in [2.05, 4.69) is 38.6 Å². The van der Waals surface area contributed by atoms with Gasteiger partial charge < -0.3 is 15.0 Å². The van der Waals surface area contributed by atoms with Crippen LogP contribution in [0.2, 0.25) is 0 Å². The number of nitrogens with zero attached hydrogens (tertiary/aromatic N) is 4. The molecule has 6 nitrogen and oxygen atoms in total. The number of pyridine rings is 1. The Hall–Kier alpha value is -1.92. The Labute approximate surface area is 149 Å². The number of hydrogen-bond acceptors (Lipinski definition) is 5. The highest BCUT2D eigenvalue weighted by atomic mass is 16.5. The van der Waals surface area contributed by atoms with Gasteiger partial charge in [0.1, 0.15) is 11.9 Å². The fourth-order valence-electron chi connectivity index (χ4n) is 3.99. The highest BCUT2D eigenvalue weighted by molar-refractivity contribution is 5.38. The number of rotatable bonds is 4. The molecule has 2 aromatic rings. The molecular formula is C19H27N5O. The van der Waals surface area contributed by atoms with Crippen LogP contribution < -0.4 is 10.2 Å². The Bertz CT molecular complexity index is 665. The van der Waals surface area contributed by atoms with E-state index in [9.17, 15) is 0 Å². The van der Waals surface area contributed by atoms with Crippen LogP contribution in [0.25, 0.3) is 0 Å². The van der Waals surface area contributed by atoms with Crippen molar-refractivity contribution in [3.8, 4) is 0 Å². The van der Waals surface area contributed by atoms with Gasteiger partial charge >= 0.3 is 0 Å². The molecule has 0 unspecified atom stereocenters. The Morgan fingerprint density at radius 2 is 2.08 bits per heavy atom. The van der Waals surface area contributed by atoms with Gasteiger partial charge in [-0.3, -0.25) is 4.68 Å². The van der Waals surface area contributed by atoms with Crippen LogP contribution in [0.1, 0.15) is 37.4 Å². The summed E-state index contributed by atoms with van der Waals surface area (Å²) in [7, 11) is 1.96. The van der Waals surface area contributed by atoms with Gasteiger partial charge in [-0.1, -0.05) is 6.07 Å². The monoisotopic (exact) mass is 341 g/mol. The molecular weight excluding hydrogens is 314 g/mol. The Balaban J connectivity index is 1.35. The summed E-state index contributed by atoms with van der Waals surface area (Å²) < 4.78 is 7.94. The number of hydrogen-bond donors (Lipinski definition) is 1. The van der Waals surface area contributed by atoms with Gasteiger partial charge in [0.15, 0.2) is 0 Å². The molecule has 0 amide bonds. The molecule has 0 bridgehead atoms. The lowest BCUT2D eigenvalue weighted by molar-refractivity contribution is -0.0147. The van der Waals surface area contributed by atoms with Crippen LogP contribution >= 0.6 is 0 Å². The summed E-state index contributed by atoms with van der Waals surface area (Å²) in [5, 5.41) is 8.19. The third kappa shape index (κ3) is 3.85. The van der Waals surface area contributed by atoms with Crippen LogP contribution in [0, 0.1) is 0 Å². The fourth-order valence-corrected chi connectivity index (χ4v) is 3.99. The topological polar surface area (TPSA) is 55.2 Å². The average Bonchev–Trinajstić information content (AvgIpc) is 3.10. The van der Waals surface area contributed by atoms with Crippen LogP contribution in [0.15, 0.2) is 36.8 Å². The average molecular weight is 341 g/mol. The molecule has 2 fully saturated rings. The zero-order valence-electron chi connectivity index (χ0n) is 14.8. The number of nitrogens with one attached hydrogen (secondary N) is 1. The summed E-state index contributed by atoms with van der Waals surface area (Å²) in [5.41, 5.74) is 1.19. The molecule has 0 spiro atoms. The lowest BCUT2D eigenvalue weighted by Gasteiger charge is -2.38. The van der Waals surface area contributed by atoms with Crippen molar-refractivity contribution >= 4 is 5.82 Å². The first-order chi connectivity index (χ1) is 12.3. The van der Waals surface area contributed by atoms with Gasteiger partial charge in [0.05, 0.1) is 6.20 Å². The van der Waals surface area contributed by atoms with Crippen LogP contribution in [-0.2, 0) is 11.8 Å². The lowest BCUT2D eigenvalue weighted by Crippen LogP contribution is -2.49. The second kappa shape index (κ2) is 7.54. The first-order valence-electron chi connectivity index (χ1n) is 9.32. The number of anilines is 1. The van der Waals surface area contributed by atoms with E-state index < -0.39 is 0 Å². The van der Waals surface area contributed by atoms with E-state index in [0.717, 1.165) is 44.8 Å². The van der Waals surface area contributed by atoms with Crippen LogP contribution in [-0.4, -0.2) is 46.5 Å². The zero-order chi connectivity index (χ0) is 17.1. The van der Waals surface area contributed by atoms with Crippen molar-refractivity contribution in [2.24, 2.45) is 7.05 Å². The van der Waals surface area contributed by atoms with Crippen LogP contribution in [0.4, 0.5) is 5.82 Å². The van der Waals surface area contributed by atoms with Crippen molar-refractivity contribution < 1.29 is 4.74 Å². The van der Waals surface area contributed by atoms with Gasteiger partial charge in [0.25, 0.3) is 0 Å². The summed E-state index contributed by atoms with van der Waals surface area (Å²) >= 11 is 0. The molecule has 25 heavy (non-hydrogen) atoms. The van der Waals surface area contributed by atoms with Crippen molar-refractivity contribution in [2.45, 2.75) is 43.9 Å². The molecule has 0 aliphatic carbocycles. The van der Waals surface area contributed by atoms with Gasteiger partial charge in [-0.25, -0.2) is 4.98 Å². The molecule has 6 heteroatoms. The predicted molar refractivity (Wildman–Crippen MR) is 97.5 cm³/mol. The molecule has 1 N–H and O–H groups in total. The number of aromatic nitrogens is 3. The lowest BCUT2D eigenvalue weighted by atomic mass is 9.95. The van der Waals surface area contributed by atoms with E-state index in [0.29, 0.717) is 12.1 Å². The number of piperidine rings is 1. The maximum Gasteiger partial charge on any atom is 0.128 e. The van der Waals surface area contributed by atoms with Crippen molar-refractivity contribution in [3.63, 3.8) is 0 Å². The van der Waals surface area contributed by atoms with E-state index >= 15 is 0 Å². The quantitative estimate of drug-likeness (QED) is 0.925. The summed E-state index contributed by atoms with van der Waals surface area (Å²) in [5.74, 6) is 1.09. The molecule has 4 heterocycles. The summed E-state index contributed by atoms with van der Waals surface area (Å²) in [4.78, 5) is 6.86. The third-order valence-electron chi connectivity index (χ3n) is 5.29. The second-order valence-electron chi connectivity index (χ2n) is 7.10. The molecule has 2 aliphatic heterocycles. The van der Waals surface area contributed by atoms with E-state index in [4.69, 9.17) is 4.74 Å². The van der Waals surface area contributed by atoms with Crippen LogP contribution in [0.5, 0.6) is 0 Å². The number of ether oxygens (including phenoxy) is 1. The Kier molecular flexibility index (Phi) is 4.99. The first kappa shape index (κ1) is 16.5. The van der Waals surface area contributed by atoms with E-state index in [1.54, 1.807) is 0 Å². The van der Waals surface area contributed by atoms with Crippen molar-refractivity contribution in [1.29, 1.82) is 0 Å². The molecule has 0 saturated carbocycles. The standard InChI is InChI=1S/C19H27N5O/c1-23-14-15(13-21-23)19-17(5-4-12-25-19)22-16-7-10-24(11-8-16)18-6-2-3-9-20-18/h2-3,6,9,13-14,16-17,19,22H,4-5,7-8,10-12H2,1H3/t17-,19+/m0/s1. The van der Waals surface area contributed by atoms with Crippen molar-refractivity contribution in [2.75, 3.05) is 24.6 Å². The molecule has 2 atom stereocenters.